The molecule has 9 heteroatoms. The monoisotopic (exact) mass is 285 g/mol. The molecule has 2 N–H and O–H groups in total. The van der Waals surface area contributed by atoms with Crippen molar-refractivity contribution in [3.63, 3.8) is 0 Å². The summed E-state index contributed by atoms with van der Waals surface area (Å²) >= 11 is 0. The van der Waals surface area contributed by atoms with Gasteiger partial charge in [-0.15, -0.1) is 0 Å². The van der Waals surface area contributed by atoms with Crippen LogP contribution in [0.3, 0.4) is 0 Å². The molecule has 0 radical (unpaired) electrons. The van der Waals surface area contributed by atoms with Gasteiger partial charge < -0.3 is 19.8 Å². The Balaban J connectivity index is 3.13. The normalized spacial score (nSPS) is 10.3. The van der Waals surface area contributed by atoms with Gasteiger partial charge in [0.15, 0.2) is 0 Å². The molecule has 9 nitrogen and oxygen atoms in total. The summed E-state index contributed by atoms with van der Waals surface area (Å²) in [6, 6.07) is 1.12. The molecule has 0 unspecified atom stereocenters. The first kappa shape index (κ1) is 15.8. The fourth-order valence-corrected chi connectivity index (χ4v) is 1.59. The number of nitrogens with zero attached hydrogens (tertiary/aromatic N) is 3. The molecular formula is C11H15N3O6. The number of ether oxygens (including phenoxy) is 1. The number of nitro groups is 1. The van der Waals surface area contributed by atoms with E-state index in [4.69, 9.17) is 14.9 Å². The number of hydrogen-bond donors (Lipinski definition) is 2. The average molecular weight is 285 g/mol. The molecule has 0 aliphatic carbocycles. The highest BCUT2D eigenvalue weighted by Gasteiger charge is 2.22. The van der Waals surface area contributed by atoms with Gasteiger partial charge in [0.05, 0.1) is 18.1 Å². The number of aromatic nitrogens is 1. The molecule has 0 spiro atoms. The Hall–Kier alpha value is -2.26. The van der Waals surface area contributed by atoms with E-state index < -0.39 is 22.1 Å². The first-order valence-corrected chi connectivity index (χ1v) is 5.73. The second kappa shape index (κ2) is 7.36. The third kappa shape index (κ3) is 3.87. The van der Waals surface area contributed by atoms with Gasteiger partial charge in [-0.25, -0.2) is 9.78 Å². The van der Waals surface area contributed by atoms with Crippen molar-refractivity contribution < 1.29 is 24.7 Å². The number of methoxy groups -OCH3 is 1. The fourth-order valence-electron chi connectivity index (χ4n) is 1.59. The van der Waals surface area contributed by atoms with E-state index in [1.54, 1.807) is 4.90 Å². The lowest BCUT2D eigenvalue weighted by molar-refractivity contribution is -0.385. The van der Waals surface area contributed by atoms with Crippen LogP contribution in [0.2, 0.25) is 0 Å². The zero-order valence-corrected chi connectivity index (χ0v) is 10.9. The van der Waals surface area contributed by atoms with Crippen molar-refractivity contribution in [3.8, 4) is 0 Å². The highest BCUT2D eigenvalue weighted by atomic mass is 16.6. The Morgan fingerprint density at radius 3 is 2.75 bits per heavy atom. The van der Waals surface area contributed by atoms with E-state index in [0.29, 0.717) is 13.2 Å². The van der Waals surface area contributed by atoms with Crippen LogP contribution in [0.5, 0.6) is 0 Å². The lowest BCUT2D eigenvalue weighted by atomic mass is 10.2. The van der Waals surface area contributed by atoms with E-state index in [0.717, 1.165) is 12.3 Å². The van der Waals surface area contributed by atoms with Gasteiger partial charge in [0.2, 0.25) is 0 Å². The predicted molar refractivity (Wildman–Crippen MR) is 69.0 cm³/mol. The van der Waals surface area contributed by atoms with Gasteiger partial charge in [0, 0.05) is 26.3 Å². The molecule has 0 saturated carbocycles. The lowest BCUT2D eigenvalue weighted by Gasteiger charge is -2.22. The molecule has 0 aromatic carbocycles. The van der Waals surface area contributed by atoms with Crippen LogP contribution in [0, 0.1) is 10.1 Å². The molecule has 1 heterocycles. The predicted octanol–water partition coefficient (Wildman–Crippen LogP) is 0.133. The summed E-state index contributed by atoms with van der Waals surface area (Å²) in [6.45, 7) is 0.778. The molecule has 0 amide bonds. The zero-order chi connectivity index (χ0) is 15.1. The van der Waals surface area contributed by atoms with Crippen molar-refractivity contribution >= 4 is 17.5 Å². The Morgan fingerprint density at radius 1 is 1.55 bits per heavy atom. The molecular weight excluding hydrogens is 270 g/mol. The van der Waals surface area contributed by atoms with Gasteiger partial charge in [-0.1, -0.05) is 0 Å². The third-order valence-corrected chi connectivity index (χ3v) is 2.55. The summed E-state index contributed by atoms with van der Waals surface area (Å²) in [6.07, 6.45) is 0.899. The molecule has 1 aromatic heterocycles. The quantitative estimate of drug-likeness (QED) is 0.510. The van der Waals surface area contributed by atoms with Gasteiger partial charge in [0.25, 0.3) is 0 Å². The number of aromatic carboxylic acids is 1. The molecule has 0 aliphatic heterocycles. The zero-order valence-electron chi connectivity index (χ0n) is 10.9. The van der Waals surface area contributed by atoms with Crippen LogP contribution in [0.1, 0.15) is 10.4 Å². The Labute approximate surface area is 114 Å². The maximum absolute atomic E-state index is 11.0. The van der Waals surface area contributed by atoms with E-state index in [-0.39, 0.29) is 19.0 Å². The van der Waals surface area contributed by atoms with Crippen LogP contribution in [-0.4, -0.2) is 59.5 Å². The number of carbonyl (C=O) groups is 1. The summed E-state index contributed by atoms with van der Waals surface area (Å²) in [5.41, 5.74) is -1.02. The summed E-state index contributed by atoms with van der Waals surface area (Å²) < 4.78 is 4.90. The maximum atomic E-state index is 11.0. The van der Waals surface area contributed by atoms with Gasteiger partial charge in [0.1, 0.15) is 17.6 Å². The van der Waals surface area contributed by atoms with Gasteiger partial charge in [-0.3, -0.25) is 10.1 Å². The highest BCUT2D eigenvalue weighted by Crippen LogP contribution is 2.22. The van der Waals surface area contributed by atoms with Crippen LogP contribution in [0.4, 0.5) is 11.5 Å². The minimum Gasteiger partial charge on any atom is -0.477 e. The molecule has 20 heavy (non-hydrogen) atoms. The van der Waals surface area contributed by atoms with E-state index in [2.05, 4.69) is 4.98 Å². The largest absolute Gasteiger partial charge is 0.477 e. The van der Waals surface area contributed by atoms with Crippen LogP contribution >= 0.6 is 0 Å². The Bertz CT molecular complexity index is 493. The molecule has 0 fully saturated rings. The smallest absolute Gasteiger partial charge is 0.342 e. The molecule has 1 rings (SSSR count). The van der Waals surface area contributed by atoms with Crippen molar-refractivity contribution in [2.75, 3.05) is 38.3 Å². The van der Waals surface area contributed by atoms with Gasteiger partial charge in [-0.2, -0.15) is 0 Å². The van der Waals surface area contributed by atoms with E-state index in [9.17, 15) is 14.9 Å². The second-order valence-electron chi connectivity index (χ2n) is 3.83. The number of aliphatic hydroxyl groups excluding tert-OH is 1. The number of rotatable bonds is 8. The molecule has 0 atom stereocenters. The van der Waals surface area contributed by atoms with Crippen molar-refractivity contribution in [3.05, 3.63) is 27.9 Å². The van der Waals surface area contributed by atoms with E-state index in [1.807, 2.05) is 0 Å². The second-order valence-corrected chi connectivity index (χ2v) is 3.83. The van der Waals surface area contributed by atoms with Crippen molar-refractivity contribution in [2.24, 2.45) is 0 Å². The summed E-state index contributed by atoms with van der Waals surface area (Å²) in [5, 5.41) is 28.7. The number of aliphatic hydroxyl groups is 1. The van der Waals surface area contributed by atoms with E-state index in [1.165, 1.54) is 7.11 Å². The highest BCUT2D eigenvalue weighted by molar-refractivity contribution is 5.93. The van der Waals surface area contributed by atoms with Crippen molar-refractivity contribution in [2.45, 2.75) is 0 Å². The van der Waals surface area contributed by atoms with Crippen molar-refractivity contribution in [1.82, 2.24) is 4.98 Å². The molecule has 0 aliphatic rings. The lowest BCUT2D eigenvalue weighted by Crippen LogP contribution is -2.31. The van der Waals surface area contributed by atoms with Crippen LogP contribution < -0.4 is 4.90 Å². The van der Waals surface area contributed by atoms with Gasteiger partial charge >= 0.3 is 11.7 Å². The number of anilines is 1. The fraction of sp³-hybridized carbons (Fsp3) is 0.455. The standard InChI is InChI=1S/C11H15N3O6/c1-20-5-3-13(2-4-15)10-6-8(11(16)17)9(7-12-10)14(18)19/h6-7,15H,2-5H2,1H3,(H,16,17). The number of carboxylic acids is 1. The molecule has 110 valence electrons. The van der Waals surface area contributed by atoms with E-state index >= 15 is 0 Å². The van der Waals surface area contributed by atoms with Crippen molar-refractivity contribution in [1.29, 1.82) is 0 Å². The molecule has 0 saturated heterocycles. The van der Waals surface area contributed by atoms with Crippen LogP contribution in [0.15, 0.2) is 12.3 Å². The molecule has 0 bridgehead atoms. The Morgan fingerprint density at radius 2 is 2.25 bits per heavy atom. The van der Waals surface area contributed by atoms with Gasteiger partial charge in [-0.05, 0) is 0 Å². The average Bonchev–Trinajstić information content (AvgIpc) is 2.42. The van der Waals surface area contributed by atoms with Crippen LogP contribution in [-0.2, 0) is 4.74 Å². The summed E-state index contributed by atoms with van der Waals surface area (Å²) in [4.78, 5) is 26.4. The minimum absolute atomic E-state index is 0.162. The third-order valence-electron chi connectivity index (χ3n) is 2.55. The number of pyridine rings is 1. The topological polar surface area (TPSA) is 126 Å². The SMILES string of the molecule is COCCN(CCO)c1cc(C(=O)O)c([N+](=O)[O-])cn1. The van der Waals surface area contributed by atoms with Crippen LogP contribution in [0.25, 0.3) is 0 Å². The maximum Gasteiger partial charge on any atom is 0.342 e. The summed E-state index contributed by atoms with van der Waals surface area (Å²) in [5.74, 6) is -1.17. The first-order valence-electron chi connectivity index (χ1n) is 5.73. The minimum atomic E-state index is -1.41. The Kier molecular flexibility index (Phi) is 5.81. The molecule has 1 aromatic rings. The summed E-state index contributed by atoms with van der Waals surface area (Å²) in [7, 11) is 1.50. The number of carboxylic acid groups (broad SMARTS) is 1. The number of hydrogen-bond acceptors (Lipinski definition) is 7. The first-order chi connectivity index (χ1) is 9.51.